The van der Waals surface area contributed by atoms with Crippen LogP contribution in [0.25, 0.3) is 0 Å². The molecule has 2 amide bonds. The molecule has 2 aliphatic heterocycles. The first-order valence-corrected chi connectivity index (χ1v) is 13.8. The van der Waals surface area contributed by atoms with Crippen LogP contribution in [0, 0.1) is 5.92 Å². The molecule has 0 aromatic heterocycles. The van der Waals surface area contributed by atoms with Crippen LogP contribution in [0.3, 0.4) is 0 Å². The van der Waals surface area contributed by atoms with Gasteiger partial charge in [-0.3, -0.25) is 24.2 Å². The Labute approximate surface area is 202 Å². The highest BCUT2D eigenvalue weighted by Crippen LogP contribution is 2.19. The molecule has 1 fully saturated rings. The maximum absolute atomic E-state index is 12.6. The van der Waals surface area contributed by atoms with Crippen molar-refractivity contribution < 1.29 is 18.0 Å². The summed E-state index contributed by atoms with van der Waals surface area (Å²) in [5.74, 6) is 0.201. The molecular formula is C24H37N5O4S. The number of amides is 2. The molecule has 3 N–H and O–H groups in total. The van der Waals surface area contributed by atoms with Crippen molar-refractivity contribution in [2.45, 2.75) is 63.2 Å². The molecule has 2 heterocycles. The second-order valence-electron chi connectivity index (χ2n) is 9.04. The Bertz CT molecular complexity index is 979. The van der Waals surface area contributed by atoms with Crippen molar-refractivity contribution in [3.8, 4) is 0 Å². The number of piperidine rings is 1. The summed E-state index contributed by atoms with van der Waals surface area (Å²) in [6.45, 7) is 4.96. The van der Waals surface area contributed by atoms with E-state index in [4.69, 9.17) is 0 Å². The number of carbonyl (C=O) groups is 2. The number of nitrogens with one attached hydrogen (secondary N) is 3. The second-order valence-corrected chi connectivity index (χ2v) is 10.7. The van der Waals surface area contributed by atoms with Crippen LogP contribution in [0.4, 0.5) is 5.69 Å². The van der Waals surface area contributed by atoms with Gasteiger partial charge in [-0.15, -0.1) is 0 Å². The van der Waals surface area contributed by atoms with Crippen LogP contribution in [0.15, 0.2) is 34.2 Å². The molecule has 9 nitrogen and oxygen atoms in total. The summed E-state index contributed by atoms with van der Waals surface area (Å²) in [7, 11) is -3.75. The Kier molecular flexibility index (Phi) is 9.88. The third kappa shape index (κ3) is 8.09. The summed E-state index contributed by atoms with van der Waals surface area (Å²) in [4.78, 5) is 31.3. The molecule has 34 heavy (non-hydrogen) atoms. The predicted molar refractivity (Wildman–Crippen MR) is 133 cm³/mol. The third-order valence-electron chi connectivity index (χ3n) is 6.13. The lowest BCUT2D eigenvalue weighted by molar-refractivity contribution is -0.128. The minimum Gasteiger partial charge on any atom is -0.356 e. The minimum absolute atomic E-state index is 0.0684. The van der Waals surface area contributed by atoms with Gasteiger partial charge in [0.1, 0.15) is 5.84 Å². The van der Waals surface area contributed by atoms with Crippen LogP contribution in [0.2, 0.25) is 0 Å². The lowest BCUT2D eigenvalue weighted by atomic mass is 9.97. The lowest BCUT2D eigenvalue weighted by Crippen LogP contribution is -2.45. The molecule has 0 saturated carbocycles. The van der Waals surface area contributed by atoms with Gasteiger partial charge in [-0.2, -0.15) is 0 Å². The molecular weight excluding hydrogens is 454 g/mol. The Morgan fingerprint density at radius 3 is 2.79 bits per heavy atom. The van der Waals surface area contributed by atoms with Gasteiger partial charge < -0.3 is 10.6 Å². The number of unbranched alkanes of at least 4 members (excludes halogenated alkanes) is 3. The zero-order chi connectivity index (χ0) is 24.4. The summed E-state index contributed by atoms with van der Waals surface area (Å²) < 4.78 is 27.8. The van der Waals surface area contributed by atoms with Crippen LogP contribution in [-0.4, -0.2) is 63.7 Å². The number of sulfonamides is 1. The molecule has 188 valence electrons. The number of aliphatic imine (C=N–C) groups is 1. The Balaban J connectivity index is 1.48. The number of nitrogens with zero attached hydrogens (tertiary/aromatic N) is 2. The maximum Gasteiger partial charge on any atom is 0.262 e. The Morgan fingerprint density at radius 1 is 1.18 bits per heavy atom. The van der Waals surface area contributed by atoms with E-state index in [0.29, 0.717) is 37.6 Å². The summed E-state index contributed by atoms with van der Waals surface area (Å²) in [6.07, 6.45) is 7.62. The van der Waals surface area contributed by atoms with E-state index < -0.39 is 10.0 Å². The van der Waals surface area contributed by atoms with E-state index in [-0.39, 0.29) is 29.2 Å². The largest absolute Gasteiger partial charge is 0.356 e. The van der Waals surface area contributed by atoms with Crippen molar-refractivity contribution in [2.24, 2.45) is 10.9 Å². The molecule has 1 aromatic carbocycles. The summed E-state index contributed by atoms with van der Waals surface area (Å²) in [5, 5.41) is 5.82. The lowest BCUT2D eigenvalue weighted by Gasteiger charge is -2.31. The van der Waals surface area contributed by atoms with Crippen LogP contribution in [0.1, 0.15) is 58.3 Å². The van der Waals surface area contributed by atoms with E-state index in [1.807, 2.05) is 4.90 Å². The fourth-order valence-electron chi connectivity index (χ4n) is 4.30. The normalized spacial score (nSPS) is 18.9. The number of hydrogen-bond donors (Lipinski definition) is 3. The van der Waals surface area contributed by atoms with Crippen molar-refractivity contribution >= 4 is 33.4 Å². The SMILES string of the molecule is CCCCCCNC(=O)C1CCCN(CC(=O)Nc2cccc(S(=O)(=O)NC3=NCCC3)c2)C1. The highest BCUT2D eigenvalue weighted by molar-refractivity contribution is 7.90. The van der Waals surface area contributed by atoms with Gasteiger partial charge in [-0.1, -0.05) is 32.3 Å². The van der Waals surface area contributed by atoms with Crippen LogP contribution in [-0.2, 0) is 19.6 Å². The average Bonchev–Trinajstić information content (AvgIpc) is 3.31. The van der Waals surface area contributed by atoms with Gasteiger partial charge in [0.25, 0.3) is 10.0 Å². The van der Waals surface area contributed by atoms with E-state index in [1.54, 1.807) is 12.1 Å². The first kappa shape index (κ1) is 26.2. The van der Waals surface area contributed by atoms with Gasteiger partial charge in [0.05, 0.1) is 17.4 Å². The highest BCUT2D eigenvalue weighted by Gasteiger charge is 2.26. The van der Waals surface area contributed by atoms with Gasteiger partial charge in [-0.25, -0.2) is 8.42 Å². The highest BCUT2D eigenvalue weighted by atomic mass is 32.2. The van der Waals surface area contributed by atoms with Crippen molar-refractivity contribution in [1.82, 2.24) is 14.9 Å². The summed E-state index contributed by atoms with van der Waals surface area (Å²) >= 11 is 0. The second kappa shape index (κ2) is 12.9. The number of hydrogen-bond acceptors (Lipinski definition) is 6. The smallest absolute Gasteiger partial charge is 0.262 e. The fourth-order valence-corrected chi connectivity index (χ4v) is 5.44. The van der Waals surface area contributed by atoms with Gasteiger partial charge in [0, 0.05) is 31.7 Å². The molecule has 1 atom stereocenters. The average molecular weight is 492 g/mol. The van der Waals surface area contributed by atoms with Crippen molar-refractivity contribution in [3.05, 3.63) is 24.3 Å². The molecule has 0 radical (unpaired) electrons. The van der Waals surface area contributed by atoms with E-state index in [9.17, 15) is 18.0 Å². The van der Waals surface area contributed by atoms with E-state index in [1.165, 1.54) is 25.0 Å². The quantitative estimate of drug-likeness (QED) is 0.411. The molecule has 0 spiro atoms. The minimum atomic E-state index is -3.75. The monoisotopic (exact) mass is 491 g/mol. The Morgan fingerprint density at radius 2 is 2.03 bits per heavy atom. The van der Waals surface area contributed by atoms with Crippen LogP contribution < -0.4 is 15.4 Å². The molecule has 2 aliphatic rings. The standard InChI is InChI=1S/C24H37N5O4S/c1-2-3-4-5-13-26-24(31)19-9-8-15-29(17-19)18-23(30)27-20-10-6-11-21(16-20)34(32,33)28-22-12-7-14-25-22/h6,10-11,16,19H,2-5,7-9,12-15,17-18H2,1H3,(H,25,28)(H,26,31)(H,27,30). The Hall–Kier alpha value is -2.46. The molecule has 0 bridgehead atoms. The number of benzene rings is 1. The first-order chi connectivity index (χ1) is 16.4. The molecule has 10 heteroatoms. The number of carbonyl (C=O) groups excluding carboxylic acids is 2. The number of anilines is 1. The topological polar surface area (TPSA) is 120 Å². The van der Waals surface area contributed by atoms with Crippen LogP contribution in [0.5, 0.6) is 0 Å². The van der Waals surface area contributed by atoms with E-state index in [2.05, 4.69) is 27.3 Å². The van der Waals surface area contributed by atoms with Crippen molar-refractivity contribution in [3.63, 3.8) is 0 Å². The van der Waals surface area contributed by atoms with E-state index in [0.717, 1.165) is 38.6 Å². The zero-order valence-corrected chi connectivity index (χ0v) is 20.8. The molecule has 1 aromatic rings. The van der Waals surface area contributed by atoms with Gasteiger partial charge in [0.2, 0.25) is 11.8 Å². The van der Waals surface area contributed by atoms with Gasteiger partial charge in [-0.05, 0) is 50.4 Å². The van der Waals surface area contributed by atoms with Crippen LogP contribution >= 0.6 is 0 Å². The van der Waals surface area contributed by atoms with Gasteiger partial charge >= 0.3 is 0 Å². The third-order valence-corrected chi connectivity index (χ3v) is 7.51. The first-order valence-electron chi connectivity index (χ1n) is 12.3. The predicted octanol–water partition coefficient (Wildman–Crippen LogP) is 2.50. The molecule has 1 unspecified atom stereocenters. The molecule has 1 saturated heterocycles. The number of amidine groups is 1. The molecule has 3 rings (SSSR count). The van der Waals surface area contributed by atoms with Gasteiger partial charge in [0.15, 0.2) is 0 Å². The van der Waals surface area contributed by atoms with E-state index >= 15 is 0 Å². The molecule has 0 aliphatic carbocycles. The summed E-state index contributed by atoms with van der Waals surface area (Å²) in [5.41, 5.74) is 0.416. The summed E-state index contributed by atoms with van der Waals surface area (Å²) in [6, 6.07) is 6.20. The number of rotatable bonds is 11. The fraction of sp³-hybridized carbons (Fsp3) is 0.625. The maximum atomic E-state index is 12.6. The van der Waals surface area contributed by atoms with Crippen molar-refractivity contribution in [2.75, 3.05) is 38.0 Å². The van der Waals surface area contributed by atoms with Crippen molar-refractivity contribution in [1.29, 1.82) is 0 Å². The zero-order valence-electron chi connectivity index (χ0n) is 20.0. The number of likely N-dealkylation sites (tertiary alicyclic amines) is 1.